The Hall–Kier alpha value is -2.84. The molecule has 9 heteroatoms. The fourth-order valence-corrected chi connectivity index (χ4v) is 3.01. The second-order valence-corrected chi connectivity index (χ2v) is 6.44. The van der Waals surface area contributed by atoms with Gasteiger partial charge >= 0.3 is 6.18 Å². The predicted octanol–water partition coefficient (Wildman–Crippen LogP) is 2.16. The number of nitrogens with zero attached hydrogens (tertiary/aromatic N) is 3. The summed E-state index contributed by atoms with van der Waals surface area (Å²) in [7, 11) is 0. The summed E-state index contributed by atoms with van der Waals surface area (Å²) in [5, 5.41) is 6.45. The average molecular weight is 380 g/mol. The summed E-state index contributed by atoms with van der Waals surface area (Å²) < 4.78 is 38.0. The van der Waals surface area contributed by atoms with E-state index in [0.29, 0.717) is 13.0 Å². The lowest BCUT2D eigenvalue weighted by Crippen LogP contribution is -2.34. The highest BCUT2D eigenvalue weighted by molar-refractivity contribution is 6.00. The Kier molecular flexibility index (Phi) is 5.48. The van der Waals surface area contributed by atoms with Crippen molar-refractivity contribution in [1.29, 1.82) is 0 Å². The molecule has 0 radical (unpaired) electrons. The maximum Gasteiger partial charge on any atom is 0.408 e. The van der Waals surface area contributed by atoms with Crippen molar-refractivity contribution in [2.45, 2.75) is 25.6 Å². The molecule has 1 aliphatic heterocycles. The largest absolute Gasteiger partial charge is 0.408 e. The lowest BCUT2D eigenvalue weighted by atomic mass is 10.1. The number of halogens is 3. The number of hydrogen-bond acceptors (Lipinski definition) is 3. The van der Waals surface area contributed by atoms with Gasteiger partial charge in [0.05, 0.1) is 17.8 Å². The third kappa shape index (κ3) is 5.08. The number of rotatable bonds is 6. The van der Waals surface area contributed by atoms with Crippen LogP contribution in [-0.4, -0.2) is 40.9 Å². The fourth-order valence-electron chi connectivity index (χ4n) is 3.01. The molecule has 0 aliphatic carbocycles. The summed E-state index contributed by atoms with van der Waals surface area (Å²) in [6.45, 7) is -0.636. The van der Waals surface area contributed by atoms with Crippen molar-refractivity contribution in [2.24, 2.45) is 5.92 Å². The minimum Gasteiger partial charge on any atom is -0.355 e. The Morgan fingerprint density at radius 2 is 2.00 bits per heavy atom. The third-order valence-electron chi connectivity index (χ3n) is 4.32. The van der Waals surface area contributed by atoms with Gasteiger partial charge in [0.1, 0.15) is 6.54 Å². The maximum atomic E-state index is 12.4. The number of nitrogens with one attached hydrogen (secondary N) is 1. The van der Waals surface area contributed by atoms with E-state index in [4.69, 9.17) is 0 Å². The zero-order valence-electron chi connectivity index (χ0n) is 14.4. The van der Waals surface area contributed by atoms with Gasteiger partial charge in [-0.3, -0.25) is 14.3 Å². The molecule has 6 nitrogen and oxygen atoms in total. The highest BCUT2D eigenvalue weighted by Gasteiger charge is 2.36. The number of carbonyl (C=O) groups is 2. The number of anilines is 1. The minimum absolute atomic E-state index is 0.0294. The highest BCUT2D eigenvalue weighted by Crippen LogP contribution is 2.26. The Morgan fingerprint density at radius 3 is 2.70 bits per heavy atom. The van der Waals surface area contributed by atoms with Crippen LogP contribution in [0.4, 0.5) is 18.9 Å². The summed E-state index contributed by atoms with van der Waals surface area (Å²) >= 11 is 0. The number of carbonyl (C=O) groups excluding carboxylic acids is 2. The van der Waals surface area contributed by atoms with Gasteiger partial charge in [-0.15, -0.1) is 0 Å². The van der Waals surface area contributed by atoms with Crippen LogP contribution in [0.25, 0.3) is 0 Å². The van der Waals surface area contributed by atoms with E-state index in [9.17, 15) is 22.8 Å². The Bertz CT molecular complexity index is 804. The zero-order chi connectivity index (χ0) is 19.4. The van der Waals surface area contributed by atoms with Crippen LogP contribution in [-0.2, 0) is 22.6 Å². The highest BCUT2D eigenvalue weighted by atomic mass is 19.4. The molecule has 1 atom stereocenters. The number of alkyl halides is 3. The average Bonchev–Trinajstić information content (AvgIpc) is 3.20. The molecule has 0 spiro atoms. The number of amides is 2. The first-order chi connectivity index (χ1) is 12.8. The summed E-state index contributed by atoms with van der Waals surface area (Å²) in [6.07, 6.45) is -1.30. The topological polar surface area (TPSA) is 67.2 Å². The van der Waals surface area contributed by atoms with Crippen LogP contribution < -0.4 is 10.2 Å². The van der Waals surface area contributed by atoms with E-state index in [-0.39, 0.29) is 30.5 Å². The van der Waals surface area contributed by atoms with Gasteiger partial charge in [0.2, 0.25) is 11.8 Å². The van der Waals surface area contributed by atoms with Gasteiger partial charge in [-0.25, -0.2) is 0 Å². The van der Waals surface area contributed by atoms with E-state index in [0.717, 1.165) is 10.2 Å². The van der Waals surface area contributed by atoms with Crippen LogP contribution in [0.1, 0.15) is 12.0 Å². The molecule has 1 saturated heterocycles. The van der Waals surface area contributed by atoms with Gasteiger partial charge in [0.15, 0.2) is 0 Å². The van der Waals surface area contributed by atoms with Crippen molar-refractivity contribution in [3.63, 3.8) is 0 Å². The monoisotopic (exact) mass is 380 g/mol. The van der Waals surface area contributed by atoms with Crippen LogP contribution in [0, 0.1) is 5.92 Å². The van der Waals surface area contributed by atoms with E-state index >= 15 is 0 Å². The summed E-state index contributed by atoms with van der Waals surface area (Å²) in [4.78, 5) is 25.8. The molecule has 144 valence electrons. The first-order valence-electron chi connectivity index (χ1n) is 8.53. The first kappa shape index (κ1) is 18.9. The van der Waals surface area contributed by atoms with Crippen LogP contribution in [0.2, 0.25) is 0 Å². The molecule has 27 heavy (non-hydrogen) atoms. The number of aromatic nitrogens is 2. The van der Waals surface area contributed by atoms with E-state index in [1.165, 1.54) is 17.3 Å². The molecule has 1 N–H and O–H groups in total. The molecule has 2 heterocycles. The van der Waals surface area contributed by atoms with Crippen LogP contribution in [0.5, 0.6) is 0 Å². The quantitative estimate of drug-likeness (QED) is 0.835. The Labute approximate surface area is 154 Å². The van der Waals surface area contributed by atoms with E-state index in [2.05, 4.69) is 10.4 Å². The van der Waals surface area contributed by atoms with Crippen molar-refractivity contribution in [3.8, 4) is 0 Å². The van der Waals surface area contributed by atoms with Crippen LogP contribution >= 0.6 is 0 Å². The zero-order valence-corrected chi connectivity index (χ0v) is 14.4. The summed E-state index contributed by atoms with van der Waals surface area (Å²) in [6, 6.07) is 9.68. The minimum atomic E-state index is -4.39. The van der Waals surface area contributed by atoms with E-state index in [1.807, 2.05) is 30.3 Å². The SMILES string of the molecule is O=C(NCCc1ccccc1)[C@@H]1CC(=O)N(c2cnn(CC(F)(F)F)c2)C1. The molecule has 0 unspecified atom stereocenters. The molecular weight excluding hydrogens is 361 g/mol. The first-order valence-corrected chi connectivity index (χ1v) is 8.53. The van der Waals surface area contributed by atoms with Crippen molar-refractivity contribution < 1.29 is 22.8 Å². The number of benzene rings is 1. The normalized spacial score (nSPS) is 17.4. The van der Waals surface area contributed by atoms with Gasteiger partial charge in [-0.05, 0) is 12.0 Å². The summed E-state index contributed by atoms with van der Waals surface area (Å²) in [5.74, 6) is -1.06. The molecule has 3 rings (SSSR count). The van der Waals surface area contributed by atoms with Gasteiger partial charge in [-0.1, -0.05) is 30.3 Å². The lowest BCUT2D eigenvalue weighted by Gasteiger charge is -2.14. The molecule has 2 aromatic rings. The van der Waals surface area contributed by atoms with Gasteiger partial charge in [0.25, 0.3) is 0 Å². The molecule has 1 aromatic heterocycles. The van der Waals surface area contributed by atoms with Crippen LogP contribution in [0.15, 0.2) is 42.7 Å². The van der Waals surface area contributed by atoms with Crippen molar-refractivity contribution >= 4 is 17.5 Å². The fraction of sp³-hybridized carbons (Fsp3) is 0.389. The van der Waals surface area contributed by atoms with Crippen molar-refractivity contribution in [3.05, 3.63) is 48.3 Å². The van der Waals surface area contributed by atoms with Gasteiger partial charge in [0, 0.05) is 25.7 Å². The predicted molar refractivity (Wildman–Crippen MR) is 91.9 cm³/mol. The number of hydrogen-bond donors (Lipinski definition) is 1. The van der Waals surface area contributed by atoms with Crippen molar-refractivity contribution in [1.82, 2.24) is 15.1 Å². The molecule has 0 bridgehead atoms. The molecule has 2 amide bonds. The molecule has 1 fully saturated rings. The molecular formula is C18H19F3N4O2. The second-order valence-electron chi connectivity index (χ2n) is 6.44. The third-order valence-corrected chi connectivity index (χ3v) is 4.32. The smallest absolute Gasteiger partial charge is 0.355 e. The standard InChI is InChI=1S/C18H19F3N4O2/c19-18(20,21)12-24-11-15(9-23-24)25-10-14(8-16(25)26)17(27)22-7-6-13-4-2-1-3-5-13/h1-5,9,11,14H,6-8,10,12H2,(H,22,27)/t14-/m1/s1. The second kappa shape index (κ2) is 7.81. The lowest BCUT2D eigenvalue weighted by molar-refractivity contribution is -0.142. The molecule has 1 aromatic carbocycles. The Balaban J connectivity index is 1.53. The van der Waals surface area contributed by atoms with E-state index < -0.39 is 18.6 Å². The maximum absolute atomic E-state index is 12.4. The van der Waals surface area contributed by atoms with Gasteiger partial charge < -0.3 is 10.2 Å². The van der Waals surface area contributed by atoms with Crippen molar-refractivity contribution in [2.75, 3.05) is 18.0 Å². The molecule has 0 saturated carbocycles. The summed E-state index contributed by atoms with van der Waals surface area (Å²) in [5.41, 5.74) is 1.36. The Morgan fingerprint density at radius 1 is 1.26 bits per heavy atom. The van der Waals surface area contributed by atoms with E-state index in [1.54, 1.807) is 0 Å². The molecule has 1 aliphatic rings. The van der Waals surface area contributed by atoms with Crippen LogP contribution in [0.3, 0.4) is 0 Å². The van der Waals surface area contributed by atoms with Gasteiger partial charge in [-0.2, -0.15) is 18.3 Å².